The van der Waals surface area contributed by atoms with Gasteiger partial charge in [0.15, 0.2) is 0 Å². The Kier molecular flexibility index (Phi) is 4.06. The Morgan fingerprint density at radius 1 is 1.41 bits per heavy atom. The molecule has 2 nitrogen and oxygen atoms in total. The highest BCUT2D eigenvalue weighted by Gasteiger charge is 2.19. The van der Waals surface area contributed by atoms with Gasteiger partial charge in [-0.15, -0.1) is 0 Å². The summed E-state index contributed by atoms with van der Waals surface area (Å²) >= 11 is 0. The number of nitrogens with one attached hydrogen (secondary N) is 1. The molecule has 0 fully saturated rings. The smallest absolute Gasteiger partial charge is 0.119 e. The van der Waals surface area contributed by atoms with Crippen molar-refractivity contribution in [2.75, 3.05) is 6.54 Å². The highest BCUT2D eigenvalue weighted by molar-refractivity contribution is 5.39. The monoisotopic (exact) mass is 233 g/mol. The largest absolute Gasteiger partial charge is 0.491 e. The summed E-state index contributed by atoms with van der Waals surface area (Å²) in [5.74, 6) is 1.01. The summed E-state index contributed by atoms with van der Waals surface area (Å²) in [6.45, 7) is 7.35. The average Bonchev–Trinajstić information content (AvgIpc) is 2.28. The predicted molar refractivity (Wildman–Crippen MR) is 71.6 cm³/mol. The lowest BCUT2D eigenvalue weighted by Crippen LogP contribution is -2.24. The van der Waals surface area contributed by atoms with Crippen LogP contribution >= 0.6 is 0 Å². The van der Waals surface area contributed by atoms with E-state index in [-0.39, 0.29) is 6.10 Å². The lowest BCUT2D eigenvalue weighted by atomic mass is 9.87. The number of rotatable bonds is 4. The first-order valence-electron chi connectivity index (χ1n) is 6.73. The van der Waals surface area contributed by atoms with Crippen LogP contribution in [-0.2, 0) is 6.42 Å². The lowest BCUT2D eigenvalue weighted by Gasteiger charge is -2.26. The summed E-state index contributed by atoms with van der Waals surface area (Å²) in [5, 5.41) is 3.56. The zero-order chi connectivity index (χ0) is 12.3. The molecule has 0 radical (unpaired) electrons. The van der Waals surface area contributed by atoms with Crippen molar-refractivity contribution < 1.29 is 4.74 Å². The molecule has 1 aromatic rings. The number of ether oxygens (including phenoxy) is 1. The molecule has 0 saturated carbocycles. The second kappa shape index (κ2) is 5.54. The number of hydrogen-bond acceptors (Lipinski definition) is 2. The maximum Gasteiger partial charge on any atom is 0.119 e. The van der Waals surface area contributed by atoms with Crippen LogP contribution in [0.4, 0.5) is 0 Å². The molecule has 17 heavy (non-hydrogen) atoms. The quantitative estimate of drug-likeness (QED) is 0.860. The Morgan fingerprint density at radius 3 is 2.94 bits per heavy atom. The van der Waals surface area contributed by atoms with Gasteiger partial charge in [0.25, 0.3) is 0 Å². The van der Waals surface area contributed by atoms with Crippen LogP contribution in [0.5, 0.6) is 5.75 Å². The van der Waals surface area contributed by atoms with Crippen molar-refractivity contribution in [1.29, 1.82) is 0 Å². The summed E-state index contributed by atoms with van der Waals surface area (Å²) in [4.78, 5) is 0. The average molecular weight is 233 g/mol. The van der Waals surface area contributed by atoms with Gasteiger partial charge in [0.05, 0.1) is 6.10 Å². The Balaban J connectivity index is 2.20. The molecule has 1 aliphatic rings. The molecule has 1 N–H and O–H groups in total. The molecule has 0 saturated heterocycles. The molecule has 0 spiro atoms. The highest BCUT2D eigenvalue weighted by Crippen LogP contribution is 2.32. The van der Waals surface area contributed by atoms with Crippen LogP contribution in [0.3, 0.4) is 0 Å². The normalized spacial score (nSPS) is 19.2. The molecule has 0 amide bonds. The zero-order valence-corrected chi connectivity index (χ0v) is 11.1. The number of fused-ring (bicyclic) bond motifs is 1. The molecule has 1 atom stereocenters. The van der Waals surface area contributed by atoms with Gasteiger partial charge in [-0.3, -0.25) is 0 Å². The molecule has 1 aromatic carbocycles. The third-order valence-electron chi connectivity index (χ3n) is 3.25. The molecule has 0 heterocycles. The van der Waals surface area contributed by atoms with Crippen molar-refractivity contribution in [2.45, 2.75) is 52.2 Å². The van der Waals surface area contributed by atoms with Gasteiger partial charge in [-0.2, -0.15) is 0 Å². The maximum atomic E-state index is 5.76. The number of benzene rings is 1. The molecule has 2 heteroatoms. The van der Waals surface area contributed by atoms with E-state index in [9.17, 15) is 0 Å². The Morgan fingerprint density at radius 2 is 2.24 bits per heavy atom. The summed E-state index contributed by atoms with van der Waals surface area (Å²) in [7, 11) is 0. The van der Waals surface area contributed by atoms with Crippen molar-refractivity contribution in [1.82, 2.24) is 5.32 Å². The van der Waals surface area contributed by atoms with Gasteiger partial charge in [0, 0.05) is 6.04 Å². The van der Waals surface area contributed by atoms with E-state index >= 15 is 0 Å². The van der Waals surface area contributed by atoms with E-state index in [2.05, 4.69) is 44.3 Å². The van der Waals surface area contributed by atoms with E-state index in [1.165, 1.54) is 30.4 Å². The molecule has 94 valence electrons. The summed E-state index contributed by atoms with van der Waals surface area (Å²) in [5.41, 5.74) is 2.93. The first-order chi connectivity index (χ1) is 8.20. The SMILES string of the molecule is CCNC1CCCc2cc(OC(C)C)ccc21. The van der Waals surface area contributed by atoms with Gasteiger partial charge in [-0.05, 0) is 62.9 Å². The minimum atomic E-state index is 0.251. The molecule has 2 rings (SSSR count). The van der Waals surface area contributed by atoms with Crippen molar-refractivity contribution >= 4 is 0 Å². The predicted octanol–water partition coefficient (Wildman–Crippen LogP) is 3.46. The van der Waals surface area contributed by atoms with Gasteiger partial charge in [-0.1, -0.05) is 13.0 Å². The van der Waals surface area contributed by atoms with Crippen LogP contribution in [0.2, 0.25) is 0 Å². The van der Waals surface area contributed by atoms with E-state index < -0.39 is 0 Å². The molecular weight excluding hydrogens is 210 g/mol. The number of hydrogen-bond donors (Lipinski definition) is 1. The highest BCUT2D eigenvalue weighted by atomic mass is 16.5. The van der Waals surface area contributed by atoms with Gasteiger partial charge >= 0.3 is 0 Å². The van der Waals surface area contributed by atoms with Crippen LogP contribution in [0, 0.1) is 0 Å². The van der Waals surface area contributed by atoms with Crippen molar-refractivity contribution in [3.05, 3.63) is 29.3 Å². The number of aryl methyl sites for hydroxylation is 1. The summed E-state index contributed by atoms with van der Waals surface area (Å²) in [6.07, 6.45) is 3.97. The fourth-order valence-electron chi connectivity index (χ4n) is 2.59. The van der Waals surface area contributed by atoms with Gasteiger partial charge in [0.2, 0.25) is 0 Å². The van der Waals surface area contributed by atoms with Gasteiger partial charge in [0.1, 0.15) is 5.75 Å². The minimum Gasteiger partial charge on any atom is -0.491 e. The lowest BCUT2D eigenvalue weighted by molar-refractivity contribution is 0.242. The molecular formula is C15H23NO. The van der Waals surface area contributed by atoms with Gasteiger partial charge < -0.3 is 10.1 Å². The zero-order valence-electron chi connectivity index (χ0n) is 11.1. The Hall–Kier alpha value is -1.02. The fourth-order valence-corrected chi connectivity index (χ4v) is 2.59. The summed E-state index contributed by atoms with van der Waals surface area (Å²) < 4.78 is 5.76. The van der Waals surface area contributed by atoms with Crippen LogP contribution in [0.25, 0.3) is 0 Å². The van der Waals surface area contributed by atoms with Crippen molar-refractivity contribution in [3.8, 4) is 5.75 Å². The third-order valence-corrected chi connectivity index (χ3v) is 3.25. The minimum absolute atomic E-state index is 0.251. The molecule has 1 unspecified atom stereocenters. The van der Waals surface area contributed by atoms with Crippen LogP contribution < -0.4 is 10.1 Å². The Labute approximate surface area is 104 Å². The first kappa shape index (κ1) is 12.4. The van der Waals surface area contributed by atoms with E-state index in [0.717, 1.165) is 12.3 Å². The molecule has 0 bridgehead atoms. The van der Waals surface area contributed by atoms with E-state index in [0.29, 0.717) is 6.04 Å². The molecule has 0 aromatic heterocycles. The van der Waals surface area contributed by atoms with E-state index in [1.807, 2.05) is 0 Å². The topological polar surface area (TPSA) is 21.3 Å². The molecule has 1 aliphatic carbocycles. The third kappa shape index (κ3) is 3.01. The van der Waals surface area contributed by atoms with Crippen molar-refractivity contribution in [3.63, 3.8) is 0 Å². The van der Waals surface area contributed by atoms with Crippen LogP contribution in [0.1, 0.15) is 50.8 Å². The second-order valence-electron chi connectivity index (χ2n) is 5.03. The summed E-state index contributed by atoms with van der Waals surface area (Å²) in [6, 6.07) is 7.10. The van der Waals surface area contributed by atoms with Crippen LogP contribution in [-0.4, -0.2) is 12.6 Å². The Bertz CT molecular complexity index is 373. The standard InChI is InChI=1S/C15H23NO/c1-4-16-15-7-5-6-12-10-13(17-11(2)3)8-9-14(12)15/h8-11,15-16H,4-7H2,1-3H3. The van der Waals surface area contributed by atoms with Crippen molar-refractivity contribution in [2.24, 2.45) is 0 Å². The van der Waals surface area contributed by atoms with E-state index in [4.69, 9.17) is 4.74 Å². The van der Waals surface area contributed by atoms with Crippen LogP contribution in [0.15, 0.2) is 18.2 Å². The molecule has 0 aliphatic heterocycles. The van der Waals surface area contributed by atoms with E-state index in [1.54, 1.807) is 0 Å². The first-order valence-corrected chi connectivity index (χ1v) is 6.73. The van der Waals surface area contributed by atoms with Gasteiger partial charge in [-0.25, -0.2) is 0 Å². The second-order valence-corrected chi connectivity index (χ2v) is 5.03. The maximum absolute atomic E-state index is 5.76. The fraction of sp³-hybridized carbons (Fsp3) is 0.600.